The van der Waals surface area contributed by atoms with Gasteiger partial charge in [0.05, 0.1) is 19.0 Å². The van der Waals surface area contributed by atoms with Crippen molar-refractivity contribution in [1.82, 2.24) is 4.98 Å². The van der Waals surface area contributed by atoms with Gasteiger partial charge in [-0.05, 0) is 54.3 Å². The molecule has 0 aliphatic heterocycles. The molecule has 0 aliphatic rings. The SMILES string of the molecule is COc1ccc(F)c(-c2ccc(CCCC(=O)Nc3cccnc3)cc2)c1. The molecule has 3 aromatic rings. The minimum absolute atomic E-state index is 0.0296. The average molecular weight is 364 g/mol. The quantitative estimate of drug-likeness (QED) is 0.651. The van der Waals surface area contributed by atoms with Gasteiger partial charge in [-0.1, -0.05) is 24.3 Å². The molecule has 5 heteroatoms. The van der Waals surface area contributed by atoms with Gasteiger partial charge in [0.1, 0.15) is 11.6 Å². The summed E-state index contributed by atoms with van der Waals surface area (Å²) >= 11 is 0. The summed E-state index contributed by atoms with van der Waals surface area (Å²) in [4.78, 5) is 15.9. The van der Waals surface area contributed by atoms with Crippen LogP contribution in [0, 0.1) is 5.82 Å². The number of hydrogen-bond acceptors (Lipinski definition) is 3. The van der Waals surface area contributed by atoms with Gasteiger partial charge in [-0.25, -0.2) is 4.39 Å². The van der Waals surface area contributed by atoms with Crippen LogP contribution >= 0.6 is 0 Å². The van der Waals surface area contributed by atoms with E-state index in [-0.39, 0.29) is 11.7 Å². The fourth-order valence-corrected chi connectivity index (χ4v) is 2.82. The molecule has 0 saturated carbocycles. The molecule has 0 bridgehead atoms. The minimum atomic E-state index is -0.282. The topological polar surface area (TPSA) is 51.2 Å². The molecule has 4 nitrogen and oxygen atoms in total. The fourth-order valence-electron chi connectivity index (χ4n) is 2.82. The molecule has 1 aromatic heterocycles. The third-order valence-corrected chi connectivity index (χ3v) is 4.25. The molecule has 0 radical (unpaired) electrons. The van der Waals surface area contributed by atoms with Crippen molar-refractivity contribution in [3.63, 3.8) is 0 Å². The van der Waals surface area contributed by atoms with Crippen molar-refractivity contribution in [3.05, 3.63) is 78.4 Å². The second-order valence-corrected chi connectivity index (χ2v) is 6.19. The molecule has 1 N–H and O–H groups in total. The van der Waals surface area contributed by atoms with Crippen LogP contribution in [-0.4, -0.2) is 18.0 Å². The summed E-state index contributed by atoms with van der Waals surface area (Å²) in [6.07, 6.45) is 5.23. The van der Waals surface area contributed by atoms with Crippen LogP contribution < -0.4 is 10.1 Å². The number of carbonyl (C=O) groups excluding carboxylic acids is 1. The average Bonchev–Trinajstić information content (AvgIpc) is 2.70. The number of carbonyl (C=O) groups is 1. The first kappa shape index (κ1) is 18.6. The Morgan fingerprint density at radius 1 is 1.15 bits per heavy atom. The van der Waals surface area contributed by atoms with Gasteiger partial charge in [0.15, 0.2) is 0 Å². The number of benzene rings is 2. The molecular formula is C22H21FN2O2. The number of methoxy groups -OCH3 is 1. The highest BCUT2D eigenvalue weighted by Crippen LogP contribution is 2.27. The normalized spacial score (nSPS) is 10.4. The summed E-state index contributed by atoms with van der Waals surface area (Å²) < 4.78 is 19.2. The Balaban J connectivity index is 1.54. The molecule has 0 spiro atoms. The first-order valence-corrected chi connectivity index (χ1v) is 8.78. The van der Waals surface area contributed by atoms with E-state index >= 15 is 0 Å². The zero-order valence-electron chi connectivity index (χ0n) is 15.1. The molecule has 2 aromatic carbocycles. The highest BCUT2D eigenvalue weighted by Gasteiger charge is 2.07. The van der Waals surface area contributed by atoms with E-state index in [1.165, 1.54) is 6.07 Å². The molecule has 138 valence electrons. The lowest BCUT2D eigenvalue weighted by Crippen LogP contribution is -2.11. The van der Waals surface area contributed by atoms with Gasteiger partial charge in [0.2, 0.25) is 5.91 Å². The van der Waals surface area contributed by atoms with Gasteiger partial charge < -0.3 is 10.1 Å². The van der Waals surface area contributed by atoms with Crippen molar-refractivity contribution >= 4 is 11.6 Å². The van der Waals surface area contributed by atoms with Gasteiger partial charge in [0, 0.05) is 18.2 Å². The Bertz CT molecular complexity index is 896. The van der Waals surface area contributed by atoms with Crippen LogP contribution in [0.1, 0.15) is 18.4 Å². The second kappa shape index (κ2) is 8.94. The van der Waals surface area contributed by atoms with E-state index in [0.717, 1.165) is 24.0 Å². The molecule has 3 rings (SSSR count). The van der Waals surface area contributed by atoms with Crippen molar-refractivity contribution in [3.8, 4) is 16.9 Å². The summed E-state index contributed by atoms with van der Waals surface area (Å²) in [6, 6.07) is 16.0. The Labute approximate surface area is 158 Å². The Morgan fingerprint density at radius 3 is 2.67 bits per heavy atom. The molecule has 1 heterocycles. The molecule has 0 atom stereocenters. The largest absolute Gasteiger partial charge is 0.497 e. The zero-order valence-corrected chi connectivity index (χ0v) is 15.1. The summed E-state index contributed by atoms with van der Waals surface area (Å²) in [5, 5.41) is 2.82. The number of halogens is 1. The van der Waals surface area contributed by atoms with Crippen molar-refractivity contribution in [2.45, 2.75) is 19.3 Å². The van der Waals surface area contributed by atoms with Crippen molar-refractivity contribution in [2.75, 3.05) is 12.4 Å². The molecule has 0 aliphatic carbocycles. The lowest BCUT2D eigenvalue weighted by atomic mass is 10.0. The number of pyridine rings is 1. The standard InChI is InChI=1S/C22H21FN2O2/c1-27-19-11-12-21(23)20(14-19)17-9-7-16(8-10-17)4-2-6-22(26)25-18-5-3-13-24-15-18/h3,5,7-15H,2,4,6H2,1H3,(H,25,26). The summed E-state index contributed by atoms with van der Waals surface area (Å²) in [7, 11) is 1.56. The van der Waals surface area contributed by atoms with Gasteiger partial charge >= 0.3 is 0 Å². The summed E-state index contributed by atoms with van der Waals surface area (Å²) in [5.74, 6) is 0.309. The van der Waals surface area contributed by atoms with Gasteiger partial charge in [-0.2, -0.15) is 0 Å². The zero-order chi connectivity index (χ0) is 19.1. The third-order valence-electron chi connectivity index (χ3n) is 4.25. The van der Waals surface area contributed by atoms with Crippen LogP contribution in [0.5, 0.6) is 5.75 Å². The Kier molecular flexibility index (Phi) is 6.15. The number of nitrogens with one attached hydrogen (secondary N) is 1. The Morgan fingerprint density at radius 2 is 1.96 bits per heavy atom. The fraction of sp³-hybridized carbons (Fsp3) is 0.182. The van der Waals surface area contributed by atoms with Crippen LogP contribution in [0.4, 0.5) is 10.1 Å². The number of ether oxygens (including phenoxy) is 1. The van der Waals surface area contributed by atoms with Gasteiger partial charge in [-0.15, -0.1) is 0 Å². The summed E-state index contributed by atoms with van der Waals surface area (Å²) in [6.45, 7) is 0. The maximum atomic E-state index is 14.1. The highest BCUT2D eigenvalue weighted by atomic mass is 19.1. The predicted octanol–water partition coefficient (Wildman–Crippen LogP) is 4.86. The maximum Gasteiger partial charge on any atom is 0.224 e. The third kappa shape index (κ3) is 5.14. The smallest absolute Gasteiger partial charge is 0.224 e. The predicted molar refractivity (Wildman–Crippen MR) is 104 cm³/mol. The molecule has 27 heavy (non-hydrogen) atoms. The molecule has 0 fully saturated rings. The van der Waals surface area contributed by atoms with Crippen LogP contribution in [0.25, 0.3) is 11.1 Å². The van der Waals surface area contributed by atoms with Crippen LogP contribution in [0.2, 0.25) is 0 Å². The number of aryl methyl sites for hydroxylation is 1. The number of amides is 1. The van der Waals surface area contributed by atoms with Gasteiger partial charge in [0.25, 0.3) is 0 Å². The first-order valence-electron chi connectivity index (χ1n) is 8.78. The van der Waals surface area contributed by atoms with Crippen LogP contribution in [0.15, 0.2) is 67.0 Å². The molecular weight excluding hydrogens is 343 g/mol. The molecule has 0 unspecified atom stereocenters. The Hall–Kier alpha value is -3.21. The van der Waals surface area contributed by atoms with Crippen LogP contribution in [-0.2, 0) is 11.2 Å². The number of hydrogen-bond donors (Lipinski definition) is 1. The minimum Gasteiger partial charge on any atom is -0.497 e. The molecule has 0 saturated heterocycles. The van der Waals surface area contributed by atoms with E-state index in [9.17, 15) is 9.18 Å². The van der Waals surface area contributed by atoms with Crippen molar-refractivity contribution < 1.29 is 13.9 Å². The van der Waals surface area contributed by atoms with E-state index in [1.807, 2.05) is 24.3 Å². The second-order valence-electron chi connectivity index (χ2n) is 6.19. The highest BCUT2D eigenvalue weighted by molar-refractivity contribution is 5.90. The maximum absolute atomic E-state index is 14.1. The number of rotatable bonds is 7. The number of anilines is 1. The van der Waals surface area contributed by atoms with E-state index in [4.69, 9.17) is 4.74 Å². The van der Waals surface area contributed by atoms with Crippen LogP contribution in [0.3, 0.4) is 0 Å². The van der Waals surface area contributed by atoms with E-state index in [0.29, 0.717) is 23.4 Å². The number of aromatic nitrogens is 1. The van der Waals surface area contributed by atoms with E-state index < -0.39 is 0 Å². The van der Waals surface area contributed by atoms with Crippen molar-refractivity contribution in [1.29, 1.82) is 0 Å². The molecule has 1 amide bonds. The summed E-state index contributed by atoms with van der Waals surface area (Å²) in [5.41, 5.74) is 3.12. The lowest BCUT2D eigenvalue weighted by Gasteiger charge is -2.08. The van der Waals surface area contributed by atoms with Crippen molar-refractivity contribution in [2.24, 2.45) is 0 Å². The lowest BCUT2D eigenvalue weighted by molar-refractivity contribution is -0.116. The monoisotopic (exact) mass is 364 g/mol. The van der Waals surface area contributed by atoms with E-state index in [2.05, 4.69) is 10.3 Å². The van der Waals surface area contributed by atoms with Gasteiger partial charge in [-0.3, -0.25) is 9.78 Å². The number of nitrogens with zero attached hydrogens (tertiary/aromatic N) is 1. The first-order chi connectivity index (χ1) is 13.2. The van der Waals surface area contributed by atoms with E-state index in [1.54, 1.807) is 43.8 Å².